The van der Waals surface area contributed by atoms with Crippen LogP contribution >= 0.6 is 0 Å². The molecule has 1 aliphatic rings. The quantitative estimate of drug-likeness (QED) is 0.644. The average molecular weight is 374 g/mol. The number of imide groups is 1. The van der Waals surface area contributed by atoms with Crippen molar-refractivity contribution in [3.8, 4) is 0 Å². The molecule has 0 aliphatic carbocycles. The second-order valence-electron chi connectivity index (χ2n) is 7.05. The Labute approximate surface area is 163 Å². The van der Waals surface area contributed by atoms with Gasteiger partial charge in [-0.1, -0.05) is 24.3 Å². The molecule has 0 saturated carbocycles. The molecule has 2 aromatic carbocycles. The molecule has 1 aliphatic heterocycles. The second kappa shape index (κ2) is 7.68. The highest BCUT2D eigenvalue weighted by Gasteiger charge is 2.34. The summed E-state index contributed by atoms with van der Waals surface area (Å²) in [5.74, 6) is -0.400. The Morgan fingerprint density at radius 1 is 1.00 bits per heavy atom. The number of hydrogen-bond acceptors (Lipinski definition) is 4. The summed E-state index contributed by atoms with van der Waals surface area (Å²) in [7, 11) is 0. The molecule has 1 atom stereocenters. The lowest BCUT2D eigenvalue weighted by molar-refractivity contribution is 0.0651. The van der Waals surface area contributed by atoms with Crippen LogP contribution in [-0.2, 0) is 6.54 Å². The molecule has 6 heteroatoms. The van der Waals surface area contributed by atoms with Gasteiger partial charge in [0.25, 0.3) is 11.8 Å². The van der Waals surface area contributed by atoms with E-state index in [1.165, 1.54) is 4.90 Å². The van der Waals surface area contributed by atoms with Crippen LogP contribution in [0.2, 0.25) is 0 Å². The number of benzene rings is 2. The summed E-state index contributed by atoms with van der Waals surface area (Å²) >= 11 is 0. The molecule has 28 heavy (non-hydrogen) atoms. The highest BCUT2D eigenvalue weighted by atomic mass is 16.2. The molecule has 0 unspecified atom stereocenters. The van der Waals surface area contributed by atoms with Crippen LogP contribution in [0.1, 0.15) is 39.6 Å². The standard InChI is InChI=1S/C22H22N4O2/c1-16(10-13-26-21(27)19-8-2-3-9-20(19)22(26)28)24-18-7-4-6-17(14-18)15-25-12-5-11-23-25/h2-9,11-12,14,16,24H,10,13,15H2,1H3/t16-/m1/s1. The van der Waals surface area contributed by atoms with Crippen molar-refractivity contribution in [2.75, 3.05) is 11.9 Å². The van der Waals surface area contributed by atoms with Crippen molar-refractivity contribution in [3.63, 3.8) is 0 Å². The van der Waals surface area contributed by atoms with E-state index >= 15 is 0 Å². The minimum atomic E-state index is -0.200. The van der Waals surface area contributed by atoms with Crippen LogP contribution in [0.3, 0.4) is 0 Å². The number of carbonyl (C=O) groups is 2. The first-order chi connectivity index (χ1) is 13.6. The topological polar surface area (TPSA) is 67.2 Å². The first-order valence-electron chi connectivity index (χ1n) is 9.40. The summed E-state index contributed by atoms with van der Waals surface area (Å²) in [5.41, 5.74) is 3.17. The van der Waals surface area contributed by atoms with Gasteiger partial charge in [0.15, 0.2) is 0 Å². The van der Waals surface area contributed by atoms with Crippen molar-refractivity contribution >= 4 is 17.5 Å². The molecule has 0 saturated heterocycles. The van der Waals surface area contributed by atoms with Crippen LogP contribution in [0.5, 0.6) is 0 Å². The minimum Gasteiger partial charge on any atom is -0.383 e. The van der Waals surface area contributed by atoms with Crippen molar-refractivity contribution in [2.24, 2.45) is 0 Å². The highest BCUT2D eigenvalue weighted by molar-refractivity contribution is 6.21. The zero-order valence-corrected chi connectivity index (χ0v) is 15.7. The van der Waals surface area contributed by atoms with E-state index in [0.717, 1.165) is 11.3 Å². The van der Waals surface area contributed by atoms with E-state index < -0.39 is 0 Å². The fraction of sp³-hybridized carbons (Fsp3) is 0.227. The van der Waals surface area contributed by atoms with E-state index in [1.807, 2.05) is 29.1 Å². The molecule has 0 radical (unpaired) electrons. The Bertz CT molecular complexity index is 962. The van der Waals surface area contributed by atoms with Gasteiger partial charge in [0.2, 0.25) is 0 Å². The molecule has 3 aromatic rings. The van der Waals surface area contributed by atoms with Crippen molar-refractivity contribution in [3.05, 3.63) is 83.7 Å². The predicted molar refractivity (Wildman–Crippen MR) is 107 cm³/mol. The van der Waals surface area contributed by atoms with Crippen molar-refractivity contribution in [2.45, 2.75) is 25.9 Å². The lowest BCUT2D eigenvalue weighted by Gasteiger charge is -2.19. The molecule has 0 bridgehead atoms. The van der Waals surface area contributed by atoms with Gasteiger partial charge in [-0.2, -0.15) is 5.10 Å². The van der Waals surface area contributed by atoms with Gasteiger partial charge in [-0.15, -0.1) is 0 Å². The molecule has 4 rings (SSSR count). The monoisotopic (exact) mass is 374 g/mol. The Hall–Kier alpha value is -3.41. The molecule has 142 valence electrons. The van der Waals surface area contributed by atoms with Crippen LogP contribution in [0.4, 0.5) is 5.69 Å². The zero-order chi connectivity index (χ0) is 19.5. The molecule has 1 aromatic heterocycles. The molecule has 2 amide bonds. The number of amides is 2. The molecule has 0 spiro atoms. The van der Waals surface area contributed by atoms with Crippen molar-refractivity contribution < 1.29 is 9.59 Å². The van der Waals surface area contributed by atoms with Gasteiger partial charge in [0.05, 0.1) is 17.7 Å². The predicted octanol–water partition coefficient (Wildman–Crippen LogP) is 3.42. The minimum absolute atomic E-state index is 0.115. The van der Waals surface area contributed by atoms with Gasteiger partial charge in [-0.05, 0) is 49.2 Å². The smallest absolute Gasteiger partial charge is 0.261 e. The van der Waals surface area contributed by atoms with Crippen molar-refractivity contribution in [1.82, 2.24) is 14.7 Å². The zero-order valence-electron chi connectivity index (χ0n) is 15.7. The number of hydrogen-bond donors (Lipinski definition) is 1. The van der Waals surface area contributed by atoms with Crippen LogP contribution in [0.25, 0.3) is 0 Å². The highest BCUT2D eigenvalue weighted by Crippen LogP contribution is 2.23. The van der Waals surface area contributed by atoms with E-state index in [2.05, 4.69) is 29.5 Å². The molecule has 6 nitrogen and oxygen atoms in total. The summed E-state index contributed by atoms with van der Waals surface area (Å²) < 4.78 is 1.88. The molecule has 0 fully saturated rings. The van der Waals surface area contributed by atoms with E-state index in [-0.39, 0.29) is 17.9 Å². The summed E-state index contributed by atoms with van der Waals surface area (Å²) in [6.45, 7) is 3.16. The van der Waals surface area contributed by atoms with Crippen LogP contribution in [0.15, 0.2) is 67.0 Å². The number of nitrogens with zero attached hydrogens (tertiary/aromatic N) is 3. The van der Waals surface area contributed by atoms with E-state index in [4.69, 9.17) is 0 Å². The Morgan fingerprint density at radius 2 is 1.75 bits per heavy atom. The number of carbonyl (C=O) groups excluding carboxylic acids is 2. The van der Waals surface area contributed by atoms with E-state index in [1.54, 1.807) is 30.5 Å². The lowest BCUT2D eigenvalue weighted by atomic mass is 10.1. The first kappa shape index (κ1) is 18.0. The number of aromatic nitrogens is 2. The number of anilines is 1. The number of rotatable bonds is 7. The number of nitrogens with one attached hydrogen (secondary N) is 1. The lowest BCUT2D eigenvalue weighted by Crippen LogP contribution is -2.33. The van der Waals surface area contributed by atoms with Crippen LogP contribution in [0, 0.1) is 0 Å². The Morgan fingerprint density at radius 3 is 2.43 bits per heavy atom. The van der Waals surface area contributed by atoms with E-state index in [0.29, 0.717) is 30.6 Å². The third kappa shape index (κ3) is 3.67. The van der Waals surface area contributed by atoms with Gasteiger partial charge in [0, 0.05) is 30.7 Å². The molecule has 1 N–H and O–H groups in total. The molecular formula is C22H22N4O2. The van der Waals surface area contributed by atoms with Gasteiger partial charge < -0.3 is 5.32 Å². The first-order valence-corrected chi connectivity index (χ1v) is 9.40. The van der Waals surface area contributed by atoms with Crippen LogP contribution < -0.4 is 5.32 Å². The largest absolute Gasteiger partial charge is 0.383 e. The SMILES string of the molecule is C[C@H](CCN1C(=O)c2ccccc2C1=O)Nc1cccc(Cn2cccn2)c1. The maximum Gasteiger partial charge on any atom is 0.261 e. The summed E-state index contributed by atoms with van der Waals surface area (Å²) in [4.78, 5) is 26.2. The molecular weight excluding hydrogens is 352 g/mol. The number of fused-ring (bicyclic) bond motifs is 1. The van der Waals surface area contributed by atoms with Crippen LogP contribution in [-0.4, -0.2) is 39.1 Å². The molecule has 2 heterocycles. The summed E-state index contributed by atoms with van der Waals surface area (Å²) in [6.07, 6.45) is 4.38. The van der Waals surface area contributed by atoms with Crippen molar-refractivity contribution in [1.29, 1.82) is 0 Å². The summed E-state index contributed by atoms with van der Waals surface area (Å²) in [6, 6.07) is 17.2. The third-order valence-electron chi connectivity index (χ3n) is 4.91. The Balaban J connectivity index is 1.35. The second-order valence-corrected chi connectivity index (χ2v) is 7.05. The third-order valence-corrected chi connectivity index (χ3v) is 4.91. The normalized spacial score (nSPS) is 14.2. The fourth-order valence-corrected chi connectivity index (χ4v) is 3.46. The maximum atomic E-state index is 12.5. The van der Waals surface area contributed by atoms with Gasteiger partial charge >= 0.3 is 0 Å². The van der Waals surface area contributed by atoms with E-state index in [9.17, 15) is 9.59 Å². The van der Waals surface area contributed by atoms with Gasteiger partial charge in [0.1, 0.15) is 0 Å². The average Bonchev–Trinajstić information content (AvgIpc) is 3.28. The van der Waals surface area contributed by atoms with Gasteiger partial charge in [-0.25, -0.2) is 0 Å². The maximum absolute atomic E-state index is 12.5. The summed E-state index contributed by atoms with van der Waals surface area (Å²) in [5, 5.41) is 7.69. The fourth-order valence-electron chi connectivity index (χ4n) is 3.46. The Kier molecular flexibility index (Phi) is 4.93. The van der Waals surface area contributed by atoms with Gasteiger partial charge in [-0.3, -0.25) is 19.2 Å².